The third-order valence-corrected chi connectivity index (χ3v) is 5.02. The lowest BCUT2D eigenvalue weighted by Gasteiger charge is -2.23. The zero-order valence-electron chi connectivity index (χ0n) is 22.3. The molecule has 2 aromatic carbocycles. The lowest BCUT2D eigenvalue weighted by atomic mass is 10.1. The minimum atomic E-state index is -4.49. The molecule has 0 fully saturated rings. The predicted octanol–water partition coefficient (Wildman–Crippen LogP) is 3.92. The van der Waals surface area contributed by atoms with Crippen LogP contribution in [-0.2, 0) is 32.3 Å². The van der Waals surface area contributed by atoms with Crippen LogP contribution in [0.3, 0.4) is 0 Å². The summed E-state index contributed by atoms with van der Waals surface area (Å²) in [7, 11) is 2.19. The number of quaternary nitrogens is 1. The van der Waals surface area contributed by atoms with Gasteiger partial charge in [0.25, 0.3) is 10.1 Å². The number of hydrogen-bond acceptors (Lipinski definition) is 9. The SMILES string of the molecule is CS(=O)(=O)O.C[N+](C)(C)CCOC(=O)OCOc1ccc(Cl)cc1Cn1nc(-c2ccc(C(F)(F)F)cc2)oc1=O. The van der Waals surface area contributed by atoms with Gasteiger partial charge in [0.1, 0.15) is 18.9 Å². The molecule has 0 bridgehead atoms. The van der Waals surface area contributed by atoms with Crippen molar-refractivity contribution < 1.29 is 54.0 Å². The van der Waals surface area contributed by atoms with Gasteiger partial charge >= 0.3 is 18.1 Å². The molecule has 3 rings (SSSR count). The van der Waals surface area contributed by atoms with E-state index < -0.39 is 40.6 Å². The van der Waals surface area contributed by atoms with Gasteiger partial charge in [-0.3, -0.25) is 4.55 Å². The minimum absolute atomic E-state index is 0.132. The minimum Gasteiger partial charge on any atom is -0.457 e. The molecule has 17 heteroatoms. The summed E-state index contributed by atoms with van der Waals surface area (Å²) in [6, 6.07) is 8.63. The zero-order chi connectivity index (χ0) is 31.0. The van der Waals surface area contributed by atoms with E-state index in [1.165, 1.54) is 12.1 Å². The summed E-state index contributed by atoms with van der Waals surface area (Å²) < 4.78 is 86.3. The van der Waals surface area contributed by atoms with E-state index in [2.05, 4.69) is 5.10 Å². The van der Waals surface area contributed by atoms with Crippen molar-refractivity contribution in [1.82, 2.24) is 9.78 Å². The smallest absolute Gasteiger partial charge is 0.457 e. The summed E-state index contributed by atoms with van der Waals surface area (Å²) in [5.74, 6) is -0.740. The van der Waals surface area contributed by atoms with Crippen molar-refractivity contribution in [3.05, 3.63) is 69.2 Å². The van der Waals surface area contributed by atoms with Crippen molar-refractivity contribution in [3.63, 3.8) is 0 Å². The second-order valence-electron chi connectivity index (χ2n) is 9.41. The topological polar surface area (TPSA) is 147 Å². The average molecular weight is 627 g/mol. The van der Waals surface area contributed by atoms with Crippen LogP contribution in [0.1, 0.15) is 11.1 Å². The molecular weight excluding hydrogens is 599 g/mol. The van der Waals surface area contributed by atoms with Crippen molar-refractivity contribution >= 4 is 27.9 Å². The molecule has 0 spiro atoms. The fourth-order valence-electron chi connectivity index (χ4n) is 2.88. The molecule has 3 aromatic rings. The molecule has 0 saturated carbocycles. The Hall–Kier alpha value is -3.60. The fraction of sp³-hybridized carbons (Fsp3) is 0.375. The third-order valence-electron chi connectivity index (χ3n) is 4.78. The van der Waals surface area contributed by atoms with E-state index in [1.807, 2.05) is 21.1 Å². The van der Waals surface area contributed by atoms with Crippen LogP contribution in [-0.4, -0.2) is 80.7 Å². The van der Waals surface area contributed by atoms with E-state index in [0.29, 0.717) is 27.9 Å². The molecule has 0 aliphatic carbocycles. The lowest BCUT2D eigenvalue weighted by molar-refractivity contribution is -0.870. The van der Waals surface area contributed by atoms with Gasteiger partial charge in [-0.05, 0) is 42.5 Å². The molecule has 1 N–H and O–H groups in total. The maximum absolute atomic E-state index is 12.8. The van der Waals surface area contributed by atoms with E-state index in [0.717, 1.165) is 28.9 Å². The van der Waals surface area contributed by atoms with Crippen LogP contribution in [0.25, 0.3) is 11.5 Å². The summed E-state index contributed by atoms with van der Waals surface area (Å²) in [6.45, 7) is 0.179. The zero-order valence-corrected chi connectivity index (χ0v) is 23.9. The van der Waals surface area contributed by atoms with Crippen LogP contribution in [0.5, 0.6) is 5.75 Å². The molecule has 1 heterocycles. The number of halogens is 4. The van der Waals surface area contributed by atoms with E-state index in [1.54, 1.807) is 6.07 Å². The van der Waals surface area contributed by atoms with Gasteiger partial charge in [0.2, 0.25) is 12.7 Å². The fourth-order valence-corrected chi connectivity index (χ4v) is 3.08. The van der Waals surface area contributed by atoms with Crippen molar-refractivity contribution in [3.8, 4) is 17.2 Å². The number of rotatable bonds is 9. The molecule has 0 aliphatic heterocycles. The standard InChI is InChI=1S/C23H24ClF3N3O6.CH4O3S/c1-30(2,3)10-11-33-22(32)35-14-34-19-9-8-18(24)12-16(19)13-29-21(31)36-20(28-29)15-4-6-17(7-5-15)23(25,26)27;1-5(2,3)4/h4-9,12H,10-11,13-14H2,1-3H3;1H3,(H,2,3,4)/q+1;. The van der Waals surface area contributed by atoms with Gasteiger partial charge in [-0.1, -0.05) is 11.6 Å². The van der Waals surface area contributed by atoms with Crippen LogP contribution >= 0.6 is 11.6 Å². The van der Waals surface area contributed by atoms with Crippen molar-refractivity contribution in [1.29, 1.82) is 0 Å². The van der Waals surface area contributed by atoms with Gasteiger partial charge in [-0.2, -0.15) is 26.3 Å². The molecule has 226 valence electrons. The second kappa shape index (κ2) is 13.8. The normalized spacial score (nSPS) is 11.8. The first-order valence-corrected chi connectivity index (χ1v) is 13.7. The largest absolute Gasteiger partial charge is 0.511 e. The monoisotopic (exact) mass is 626 g/mol. The molecule has 0 atom stereocenters. The van der Waals surface area contributed by atoms with Crippen molar-refractivity contribution in [2.75, 3.05) is 47.3 Å². The number of benzene rings is 2. The molecule has 41 heavy (non-hydrogen) atoms. The van der Waals surface area contributed by atoms with E-state index in [4.69, 9.17) is 34.8 Å². The Kier molecular flexibility index (Phi) is 11.3. The molecule has 0 saturated heterocycles. The van der Waals surface area contributed by atoms with E-state index in [-0.39, 0.29) is 30.4 Å². The molecular formula is C24H28ClF3N3O9S+. The number of alkyl halides is 3. The van der Waals surface area contributed by atoms with Gasteiger partial charge < -0.3 is 23.1 Å². The summed E-state index contributed by atoms with van der Waals surface area (Å²) in [4.78, 5) is 24.0. The Bertz CT molecular complexity index is 1470. The molecule has 0 radical (unpaired) electrons. The average Bonchev–Trinajstić information content (AvgIpc) is 3.18. The maximum Gasteiger partial charge on any atom is 0.511 e. The second-order valence-corrected chi connectivity index (χ2v) is 11.3. The highest BCUT2D eigenvalue weighted by Gasteiger charge is 2.30. The quantitative estimate of drug-likeness (QED) is 0.160. The van der Waals surface area contributed by atoms with E-state index >= 15 is 0 Å². The number of aromatic nitrogens is 2. The van der Waals surface area contributed by atoms with Gasteiger partial charge in [-0.25, -0.2) is 9.59 Å². The summed E-state index contributed by atoms with van der Waals surface area (Å²) >= 11 is 6.07. The van der Waals surface area contributed by atoms with Gasteiger partial charge in [-0.15, -0.1) is 5.10 Å². The van der Waals surface area contributed by atoms with Gasteiger partial charge in [0.15, 0.2) is 0 Å². The molecule has 0 aliphatic rings. The van der Waals surface area contributed by atoms with Crippen molar-refractivity contribution in [2.45, 2.75) is 12.7 Å². The molecule has 0 amide bonds. The summed E-state index contributed by atoms with van der Waals surface area (Å²) in [6.07, 6.45) is -4.67. The van der Waals surface area contributed by atoms with Crippen LogP contribution in [0.4, 0.5) is 18.0 Å². The van der Waals surface area contributed by atoms with Gasteiger partial charge in [0.05, 0.1) is 39.5 Å². The number of hydrogen-bond donors (Lipinski definition) is 1. The third kappa shape index (κ3) is 12.6. The Morgan fingerprint density at radius 2 is 1.73 bits per heavy atom. The Morgan fingerprint density at radius 3 is 2.29 bits per heavy atom. The van der Waals surface area contributed by atoms with Crippen LogP contribution in [0, 0.1) is 0 Å². The molecule has 0 unspecified atom stereocenters. The Morgan fingerprint density at radius 1 is 1.12 bits per heavy atom. The first kappa shape index (κ1) is 33.6. The molecule has 12 nitrogen and oxygen atoms in total. The highest BCUT2D eigenvalue weighted by atomic mass is 35.5. The predicted molar refractivity (Wildman–Crippen MR) is 140 cm³/mol. The first-order valence-electron chi connectivity index (χ1n) is 11.5. The van der Waals surface area contributed by atoms with E-state index in [9.17, 15) is 31.2 Å². The number of carbonyl (C=O) groups is 1. The number of carbonyl (C=O) groups excluding carboxylic acids is 1. The van der Waals surface area contributed by atoms with Gasteiger partial charge in [0, 0.05) is 16.1 Å². The highest BCUT2D eigenvalue weighted by Crippen LogP contribution is 2.30. The highest BCUT2D eigenvalue weighted by molar-refractivity contribution is 7.85. The molecule has 1 aromatic heterocycles. The van der Waals surface area contributed by atoms with Crippen LogP contribution in [0.2, 0.25) is 5.02 Å². The van der Waals surface area contributed by atoms with Crippen LogP contribution < -0.4 is 10.5 Å². The number of nitrogens with zero attached hydrogens (tertiary/aromatic N) is 3. The lowest BCUT2D eigenvalue weighted by Crippen LogP contribution is -2.38. The van der Waals surface area contributed by atoms with Crippen molar-refractivity contribution in [2.24, 2.45) is 0 Å². The maximum atomic E-state index is 12.8. The Balaban J connectivity index is 0.00000108. The summed E-state index contributed by atoms with van der Waals surface area (Å²) in [5.41, 5.74) is -0.231. The van der Waals surface area contributed by atoms with Crippen LogP contribution in [0.15, 0.2) is 51.7 Å². The number of likely N-dealkylation sites (N-methyl/N-ethyl adjacent to an activating group) is 1. The summed E-state index contributed by atoms with van der Waals surface area (Å²) in [5, 5.41) is 4.40. The number of ether oxygens (including phenoxy) is 3. The first-order chi connectivity index (χ1) is 18.8. The Labute approximate surface area is 238 Å².